The molecule has 1 aromatic carbocycles. The summed E-state index contributed by atoms with van der Waals surface area (Å²) in [6.07, 6.45) is 6.06. The lowest BCUT2D eigenvalue weighted by Crippen LogP contribution is -2.22. The van der Waals surface area contributed by atoms with Crippen LogP contribution in [0.25, 0.3) is 11.0 Å². The van der Waals surface area contributed by atoms with Crippen molar-refractivity contribution < 1.29 is 4.39 Å². The number of aromatic amines is 1. The van der Waals surface area contributed by atoms with E-state index in [2.05, 4.69) is 32.4 Å². The number of aromatic nitrogens is 2. The minimum absolute atomic E-state index is 0.232. The summed E-state index contributed by atoms with van der Waals surface area (Å²) in [6, 6.07) is 3.77. The number of H-pyrrole nitrogens is 1. The van der Waals surface area contributed by atoms with Crippen LogP contribution >= 0.6 is 28.1 Å². The Morgan fingerprint density at radius 2 is 2.15 bits per heavy atom. The maximum absolute atomic E-state index is 13.9. The van der Waals surface area contributed by atoms with E-state index in [9.17, 15) is 4.39 Å². The molecule has 1 N–H and O–H groups in total. The van der Waals surface area contributed by atoms with E-state index in [0.717, 1.165) is 23.9 Å². The van der Waals surface area contributed by atoms with Gasteiger partial charge < -0.3 is 9.55 Å². The van der Waals surface area contributed by atoms with Crippen molar-refractivity contribution in [1.29, 1.82) is 0 Å². The molecule has 0 aliphatic heterocycles. The molecule has 0 amide bonds. The molecule has 1 saturated carbocycles. The van der Waals surface area contributed by atoms with Gasteiger partial charge in [-0.2, -0.15) is 0 Å². The van der Waals surface area contributed by atoms with Crippen LogP contribution in [-0.2, 0) is 0 Å². The normalized spacial score (nSPS) is 23.4. The fourth-order valence-corrected chi connectivity index (χ4v) is 4.14. The Morgan fingerprint density at radius 1 is 1.40 bits per heavy atom. The van der Waals surface area contributed by atoms with E-state index >= 15 is 0 Å². The lowest BCUT2D eigenvalue weighted by atomic mass is 9.82. The Labute approximate surface area is 131 Å². The predicted octanol–water partition coefficient (Wildman–Crippen LogP) is 5.74. The third kappa shape index (κ3) is 2.35. The molecular formula is C15H18BrFN2S. The maximum Gasteiger partial charge on any atom is 0.178 e. The molecule has 0 radical (unpaired) electrons. The topological polar surface area (TPSA) is 20.7 Å². The molecule has 1 aliphatic rings. The fraction of sp³-hybridized carbons (Fsp3) is 0.533. The lowest BCUT2D eigenvalue weighted by Gasteiger charge is -2.32. The molecule has 20 heavy (non-hydrogen) atoms. The molecule has 0 saturated heterocycles. The van der Waals surface area contributed by atoms with Crippen LogP contribution in [-0.4, -0.2) is 9.55 Å². The third-order valence-electron chi connectivity index (χ3n) is 4.48. The molecule has 0 spiro atoms. The standard InChI is InChI=1S/C15H18BrFN2S/c1-2-9-5-3-4-6-13(9)19-14-8-11(17)10(16)7-12(14)18-15(19)20/h7-9,13H,2-6H2,1H3,(H,18,20). The van der Waals surface area contributed by atoms with Crippen molar-refractivity contribution in [3.63, 3.8) is 0 Å². The SMILES string of the molecule is CCC1CCCCC1n1c(=S)[nH]c2cc(Br)c(F)cc21. The Kier molecular flexibility index (Phi) is 4.00. The molecule has 0 bridgehead atoms. The number of benzene rings is 1. The van der Waals surface area contributed by atoms with Crippen molar-refractivity contribution in [2.45, 2.75) is 45.1 Å². The molecule has 108 valence electrons. The number of hydrogen-bond acceptors (Lipinski definition) is 1. The van der Waals surface area contributed by atoms with Crippen LogP contribution in [0.4, 0.5) is 4.39 Å². The van der Waals surface area contributed by atoms with E-state index in [0.29, 0.717) is 21.2 Å². The fourth-order valence-electron chi connectivity index (χ4n) is 3.45. The monoisotopic (exact) mass is 356 g/mol. The molecule has 1 heterocycles. The van der Waals surface area contributed by atoms with Gasteiger partial charge in [0.05, 0.1) is 15.5 Å². The number of nitrogens with zero attached hydrogens (tertiary/aromatic N) is 1. The van der Waals surface area contributed by atoms with Crippen molar-refractivity contribution in [3.8, 4) is 0 Å². The van der Waals surface area contributed by atoms with Gasteiger partial charge >= 0.3 is 0 Å². The first-order valence-electron chi connectivity index (χ1n) is 7.21. The van der Waals surface area contributed by atoms with E-state index in [1.165, 1.54) is 19.3 Å². The van der Waals surface area contributed by atoms with E-state index in [1.54, 1.807) is 12.1 Å². The number of fused-ring (bicyclic) bond motifs is 1. The van der Waals surface area contributed by atoms with Crippen LogP contribution in [0.5, 0.6) is 0 Å². The quantitative estimate of drug-likeness (QED) is 0.680. The predicted molar refractivity (Wildman–Crippen MR) is 86.1 cm³/mol. The summed E-state index contributed by atoms with van der Waals surface area (Å²) < 4.78 is 17.2. The minimum Gasteiger partial charge on any atom is -0.331 e. The molecule has 3 rings (SSSR count). The van der Waals surface area contributed by atoms with Crippen LogP contribution < -0.4 is 0 Å². The molecule has 2 aromatic rings. The largest absolute Gasteiger partial charge is 0.331 e. The summed E-state index contributed by atoms with van der Waals surface area (Å²) in [7, 11) is 0. The van der Waals surface area contributed by atoms with Crippen LogP contribution in [0.15, 0.2) is 16.6 Å². The van der Waals surface area contributed by atoms with Crippen molar-refractivity contribution in [3.05, 3.63) is 27.2 Å². The number of imidazole rings is 1. The molecule has 2 atom stereocenters. The smallest absolute Gasteiger partial charge is 0.178 e. The highest BCUT2D eigenvalue weighted by Crippen LogP contribution is 2.38. The van der Waals surface area contributed by atoms with Crippen LogP contribution in [0, 0.1) is 16.5 Å². The van der Waals surface area contributed by atoms with E-state index in [-0.39, 0.29) is 5.82 Å². The zero-order chi connectivity index (χ0) is 14.3. The van der Waals surface area contributed by atoms with Gasteiger partial charge in [-0.3, -0.25) is 0 Å². The van der Waals surface area contributed by atoms with Crippen molar-refractivity contribution in [2.24, 2.45) is 5.92 Å². The molecule has 1 aromatic heterocycles. The average molecular weight is 357 g/mol. The van der Waals surface area contributed by atoms with Gasteiger partial charge in [0, 0.05) is 12.1 Å². The number of halogens is 2. The molecule has 1 aliphatic carbocycles. The highest BCUT2D eigenvalue weighted by Gasteiger charge is 2.27. The van der Waals surface area contributed by atoms with Crippen LogP contribution in [0.1, 0.15) is 45.1 Å². The highest BCUT2D eigenvalue weighted by molar-refractivity contribution is 9.10. The first-order valence-corrected chi connectivity index (χ1v) is 8.41. The zero-order valence-corrected chi connectivity index (χ0v) is 13.9. The Morgan fingerprint density at radius 3 is 2.90 bits per heavy atom. The van der Waals surface area contributed by atoms with Crippen molar-refractivity contribution >= 4 is 39.2 Å². The first-order chi connectivity index (χ1) is 9.61. The maximum atomic E-state index is 13.9. The third-order valence-corrected chi connectivity index (χ3v) is 5.39. The van der Waals surface area contributed by atoms with Gasteiger partial charge in [-0.05, 0) is 53.0 Å². The van der Waals surface area contributed by atoms with E-state index < -0.39 is 0 Å². The van der Waals surface area contributed by atoms with Crippen molar-refractivity contribution in [1.82, 2.24) is 9.55 Å². The molecule has 5 heteroatoms. The van der Waals surface area contributed by atoms with Crippen LogP contribution in [0.2, 0.25) is 0 Å². The summed E-state index contributed by atoms with van der Waals surface area (Å²) in [5.41, 5.74) is 1.80. The van der Waals surface area contributed by atoms with Gasteiger partial charge in [0.25, 0.3) is 0 Å². The summed E-state index contributed by atoms with van der Waals surface area (Å²) in [4.78, 5) is 3.22. The second-order valence-electron chi connectivity index (χ2n) is 5.60. The van der Waals surface area contributed by atoms with Crippen molar-refractivity contribution in [2.75, 3.05) is 0 Å². The number of nitrogens with one attached hydrogen (secondary N) is 1. The minimum atomic E-state index is -0.232. The molecular weight excluding hydrogens is 339 g/mol. The van der Waals surface area contributed by atoms with Gasteiger partial charge in [-0.25, -0.2) is 4.39 Å². The van der Waals surface area contributed by atoms with Gasteiger partial charge in [0.2, 0.25) is 0 Å². The van der Waals surface area contributed by atoms with Crippen LogP contribution in [0.3, 0.4) is 0 Å². The summed E-state index contributed by atoms with van der Waals surface area (Å²) >= 11 is 8.72. The zero-order valence-electron chi connectivity index (χ0n) is 11.5. The van der Waals surface area contributed by atoms with Gasteiger partial charge in [-0.15, -0.1) is 0 Å². The lowest BCUT2D eigenvalue weighted by molar-refractivity contribution is 0.235. The average Bonchev–Trinajstić information content (AvgIpc) is 2.74. The van der Waals surface area contributed by atoms with Gasteiger partial charge in [0.1, 0.15) is 5.82 Å². The first kappa shape index (κ1) is 14.3. The second-order valence-corrected chi connectivity index (χ2v) is 6.84. The molecule has 2 unspecified atom stereocenters. The van der Waals surface area contributed by atoms with E-state index in [1.807, 2.05) is 0 Å². The summed E-state index contributed by atoms with van der Waals surface area (Å²) in [6.45, 7) is 2.23. The summed E-state index contributed by atoms with van der Waals surface area (Å²) in [5, 5.41) is 0. The van der Waals surface area contributed by atoms with Gasteiger partial charge in [0.15, 0.2) is 4.77 Å². The Balaban J connectivity index is 2.17. The second kappa shape index (κ2) is 5.60. The summed E-state index contributed by atoms with van der Waals surface area (Å²) in [5.74, 6) is 0.408. The Bertz CT molecular complexity index is 691. The Hall–Kier alpha value is -0.680. The highest BCUT2D eigenvalue weighted by atomic mass is 79.9. The van der Waals surface area contributed by atoms with E-state index in [4.69, 9.17) is 12.2 Å². The number of hydrogen-bond donors (Lipinski definition) is 1. The molecule has 1 fully saturated rings. The van der Waals surface area contributed by atoms with Gasteiger partial charge in [-0.1, -0.05) is 26.2 Å². The number of rotatable bonds is 2. The molecule has 2 nitrogen and oxygen atoms in total.